The van der Waals surface area contributed by atoms with E-state index in [1.54, 1.807) is 7.11 Å². The van der Waals surface area contributed by atoms with Crippen LogP contribution in [-0.4, -0.2) is 37.3 Å². The smallest absolute Gasteiger partial charge is 0.239 e. The quantitative estimate of drug-likeness (QED) is 0.724. The molecule has 1 aromatic carbocycles. The average Bonchev–Trinajstić information content (AvgIpc) is 2.88. The van der Waals surface area contributed by atoms with E-state index in [4.69, 9.17) is 4.74 Å². The Balaban J connectivity index is 2.11. The van der Waals surface area contributed by atoms with Crippen LogP contribution in [0.4, 0.5) is 0 Å². The van der Waals surface area contributed by atoms with Crippen LogP contribution in [0, 0.1) is 0 Å². The van der Waals surface area contributed by atoms with Gasteiger partial charge in [0.1, 0.15) is 6.54 Å². The summed E-state index contributed by atoms with van der Waals surface area (Å²) in [6.45, 7) is 5.27. The second-order valence-corrected chi connectivity index (χ2v) is 4.92. The molecule has 0 atom stereocenters. The molecule has 5 nitrogen and oxygen atoms in total. The van der Waals surface area contributed by atoms with E-state index in [0.29, 0.717) is 19.7 Å². The van der Waals surface area contributed by atoms with Gasteiger partial charge in [-0.1, -0.05) is 12.1 Å². The van der Waals surface area contributed by atoms with Crippen LogP contribution in [0.5, 0.6) is 0 Å². The Hall–Kier alpha value is -1.85. The van der Waals surface area contributed by atoms with Crippen molar-refractivity contribution in [3.8, 4) is 0 Å². The number of carbonyl (C=O) groups excluding carboxylic acids is 1. The van der Waals surface area contributed by atoms with Gasteiger partial charge in [-0.2, -0.15) is 0 Å². The standard InChI is InChI=1S/C16H23N3O2/c1-3-18-16(20)12-19-9-7-14-13(5-4-6-15(14)19)11-17-8-10-21-2/h4-7,9,17H,3,8,10-12H2,1-2H3,(H,18,20). The number of likely N-dealkylation sites (N-methyl/N-ethyl adjacent to an activating group) is 1. The number of nitrogens with zero attached hydrogens (tertiary/aromatic N) is 1. The normalized spacial score (nSPS) is 11.0. The lowest BCUT2D eigenvalue weighted by Gasteiger charge is -2.08. The zero-order chi connectivity index (χ0) is 15.1. The maximum Gasteiger partial charge on any atom is 0.239 e. The van der Waals surface area contributed by atoms with Gasteiger partial charge in [-0.3, -0.25) is 4.79 Å². The third-order valence-electron chi connectivity index (χ3n) is 3.39. The van der Waals surface area contributed by atoms with Crippen LogP contribution in [0.15, 0.2) is 30.5 Å². The summed E-state index contributed by atoms with van der Waals surface area (Å²) >= 11 is 0. The molecule has 1 heterocycles. The highest BCUT2D eigenvalue weighted by molar-refractivity contribution is 5.85. The number of methoxy groups -OCH3 is 1. The first-order valence-electron chi connectivity index (χ1n) is 7.29. The van der Waals surface area contributed by atoms with Crippen LogP contribution in [0.1, 0.15) is 12.5 Å². The Kier molecular flexibility index (Phi) is 5.78. The maximum absolute atomic E-state index is 11.7. The zero-order valence-electron chi connectivity index (χ0n) is 12.7. The molecule has 2 N–H and O–H groups in total. The van der Waals surface area contributed by atoms with E-state index in [1.807, 2.05) is 29.8 Å². The van der Waals surface area contributed by atoms with Gasteiger partial charge in [0.25, 0.3) is 0 Å². The number of fused-ring (bicyclic) bond motifs is 1. The van der Waals surface area contributed by atoms with Gasteiger partial charge in [0.05, 0.1) is 6.61 Å². The molecular formula is C16H23N3O2. The average molecular weight is 289 g/mol. The Labute approximate surface area is 125 Å². The summed E-state index contributed by atoms with van der Waals surface area (Å²) in [6, 6.07) is 8.26. The molecule has 0 radical (unpaired) electrons. The first kappa shape index (κ1) is 15.5. The minimum absolute atomic E-state index is 0.0404. The van der Waals surface area contributed by atoms with E-state index in [9.17, 15) is 4.79 Å². The molecule has 0 fully saturated rings. The molecule has 1 aromatic heterocycles. The van der Waals surface area contributed by atoms with Gasteiger partial charge >= 0.3 is 0 Å². The fourth-order valence-electron chi connectivity index (χ4n) is 2.38. The lowest BCUT2D eigenvalue weighted by atomic mass is 10.1. The highest BCUT2D eigenvalue weighted by Crippen LogP contribution is 2.20. The number of hydrogen-bond acceptors (Lipinski definition) is 3. The van der Waals surface area contributed by atoms with Gasteiger partial charge in [0.2, 0.25) is 5.91 Å². The van der Waals surface area contributed by atoms with Crippen molar-refractivity contribution in [1.29, 1.82) is 0 Å². The van der Waals surface area contributed by atoms with Crippen LogP contribution in [0.2, 0.25) is 0 Å². The summed E-state index contributed by atoms with van der Waals surface area (Å²) in [7, 11) is 1.70. The number of ether oxygens (including phenoxy) is 1. The molecule has 0 bridgehead atoms. The molecule has 0 aliphatic carbocycles. The predicted octanol–water partition coefficient (Wildman–Crippen LogP) is 1.51. The molecule has 0 saturated carbocycles. The third kappa shape index (κ3) is 4.06. The Morgan fingerprint density at radius 1 is 1.33 bits per heavy atom. The first-order valence-corrected chi connectivity index (χ1v) is 7.29. The Morgan fingerprint density at radius 2 is 2.19 bits per heavy atom. The molecule has 0 unspecified atom stereocenters. The number of carbonyl (C=O) groups is 1. The van der Waals surface area contributed by atoms with Crippen LogP contribution in [0.25, 0.3) is 10.9 Å². The lowest BCUT2D eigenvalue weighted by Crippen LogP contribution is -2.26. The Bertz CT molecular complexity index is 592. The minimum atomic E-state index is 0.0404. The summed E-state index contributed by atoms with van der Waals surface area (Å²) in [5.41, 5.74) is 2.32. The largest absolute Gasteiger partial charge is 0.383 e. The first-order chi connectivity index (χ1) is 10.3. The maximum atomic E-state index is 11.7. The van der Waals surface area contributed by atoms with Gasteiger partial charge in [-0.15, -0.1) is 0 Å². The van der Waals surface area contributed by atoms with E-state index in [1.165, 1.54) is 10.9 Å². The van der Waals surface area contributed by atoms with Crippen LogP contribution in [0.3, 0.4) is 0 Å². The van der Waals surface area contributed by atoms with Crippen molar-refractivity contribution >= 4 is 16.8 Å². The summed E-state index contributed by atoms with van der Waals surface area (Å²) in [4.78, 5) is 11.7. The molecule has 0 spiro atoms. The van der Waals surface area contributed by atoms with E-state index >= 15 is 0 Å². The minimum Gasteiger partial charge on any atom is -0.383 e. The molecule has 21 heavy (non-hydrogen) atoms. The summed E-state index contributed by atoms with van der Waals surface area (Å²) in [5.74, 6) is 0.0404. The number of amides is 1. The molecule has 1 amide bonds. The lowest BCUT2D eigenvalue weighted by molar-refractivity contribution is -0.121. The fraction of sp³-hybridized carbons (Fsp3) is 0.438. The van der Waals surface area contributed by atoms with Crippen molar-refractivity contribution in [3.63, 3.8) is 0 Å². The van der Waals surface area contributed by atoms with Gasteiger partial charge in [-0.25, -0.2) is 0 Å². The summed E-state index contributed by atoms with van der Waals surface area (Å²) in [5, 5.41) is 7.36. The molecule has 0 aliphatic rings. The number of aromatic nitrogens is 1. The van der Waals surface area contributed by atoms with Crippen molar-refractivity contribution in [1.82, 2.24) is 15.2 Å². The number of hydrogen-bond donors (Lipinski definition) is 2. The highest BCUT2D eigenvalue weighted by Gasteiger charge is 2.08. The third-order valence-corrected chi connectivity index (χ3v) is 3.39. The van der Waals surface area contributed by atoms with E-state index in [-0.39, 0.29) is 5.91 Å². The van der Waals surface area contributed by atoms with Crippen molar-refractivity contribution < 1.29 is 9.53 Å². The van der Waals surface area contributed by atoms with Crippen LogP contribution < -0.4 is 10.6 Å². The fourth-order valence-corrected chi connectivity index (χ4v) is 2.38. The van der Waals surface area contributed by atoms with Crippen molar-refractivity contribution in [3.05, 3.63) is 36.0 Å². The zero-order valence-corrected chi connectivity index (χ0v) is 12.7. The predicted molar refractivity (Wildman–Crippen MR) is 84.2 cm³/mol. The van der Waals surface area contributed by atoms with Gasteiger partial charge < -0.3 is 19.9 Å². The highest BCUT2D eigenvalue weighted by atomic mass is 16.5. The molecule has 114 valence electrons. The number of rotatable bonds is 8. The van der Waals surface area contributed by atoms with Crippen molar-refractivity contribution in [2.24, 2.45) is 0 Å². The Morgan fingerprint density at radius 3 is 2.95 bits per heavy atom. The van der Waals surface area contributed by atoms with Crippen molar-refractivity contribution in [2.75, 3.05) is 26.8 Å². The van der Waals surface area contributed by atoms with Gasteiger partial charge in [0.15, 0.2) is 0 Å². The molecular weight excluding hydrogens is 266 g/mol. The molecule has 5 heteroatoms. The second kappa shape index (κ2) is 7.81. The SMILES string of the molecule is CCNC(=O)Cn1ccc2c(CNCCOC)cccc21. The van der Waals surface area contributed by atoms with Crippen LogP contribution >= 0.6 is 0 Å². The molecule has 2 rings (SSSR count). The van der Waals surface area contributed by atoms with Gasteiger partial charge in [-0.05, 0) is 24.6 Å². The molecule has 0 saturated heterocycles. The van der Waals surface area contributed by atoms with Crippen molar-refractivity contribution in [2.45, 2.75) is 20.0 Å². The molecule has 0 aliphatic heterocycles. The van der Waals surface area contributed by atoms with E-state index < -0.39 is 0 Å². The van der Waals surface area contributed by atoms with Gasteiger partial charge in [0, 0.05) is 43.8 Å². The van der Waals surface area contributed by atoms with E-state index in [2.05, 4.69) is 22.8 Å². The monoisotopic (exact) mass is 289 g/mol. The number of benzene rings is 1. The van der Waals surface area contributed by atoms with E-state index in [0.717, 1.165) is 18.6 Å². The topological polar surface area (TPSA) is 55.3 Å². The summed E-state index contributed by atoms with van der Waals surface area (Å²) in [6.07, 6.45) is 1.97. The van der Waals surface area contributed by atoms with Crippen LogP contribution in [-0.2, 0) is 22.6 Å². The second-order valence-electron chi connectivity index (χ2n) is 4.92. The summed E-state index contributed by atoms with van der Waals surface area (Å²) < 4.78 is 7.01. The number of nitrogens with one attached hydrogen (secondary N) is 2. The molecule has 2 aromatic rings.